The predicted molar refractivity (Wildman–Crippen MR) is 71.9 cm³/mol. The summed E-state index contributed by atoms with van der Waals surface area (Å²) in [7, 11) is -3.50. The highest BCUT2D eigenvalue weighted by Crippen LogP contribution is 2.11. The number of nitrogens with two attached hydrogens (primary N) is 1. The summed E-state index contributed by atoms with van der Waals surface area (Å²) in [5.41, 5.74) is 6.49. The van der Waals surface area contributed by atoms with Gasteiger partial charge in [0, 0.05) is 13.1 Å². The van der Waals surface area contributed by atoms with Crippen molar-refractivity contribution in [1.82, 2.24) is 9.84 Å². The Kier molecular flexibility index (Phi) is 4.89. The van der Waals surface area contributed by atoms with Gasteiger partial charge in [0.25, 0.3) is 10.0 Å². The fourth-order valence-electron chi connectivity index (χ4n) is 1.88. The van der Waals surface area contributed by atoms with Gasteiger partial charge < -0.3 is 10.5 Å². The summed E-state index contributed by atoms with van der Waals surface area (Å²) in [6, 6.07) is 6.79. The lowest BCUT2D eigenvalue weighted by molar-refractivity contribution is 0.0272. The largest absolute Gasteiger partial charge is 0.379 e. The van der Waals surface area contributed by atoms with Gasteiger partial charge in [0.1, 0.15) is 0 Å². The molecule has 1 aromatic rings. The first-order valence-corrected chi connectivity index (χ1v) is 7.74. The van der Waals surface area contributed by atoms with Gasteiger partial charge in [0.05, 0.1) is 18.1 Å². The Bertz CT molecular complexity index is 495. The van der Waals surface area contributed by atoms with Crippen LogP contribution in [0.15, 0.2) is 29.2 Å². The van der Waals surface area contributed by atoms with Crippen molar-refractivity contribution in [1.29, 1.82) is 0 Å². The van der Waals surface area contributed by atoms with Crippen molar-refractivity contribution < 1.29 is 13.2 Å². The number of nitrogens with one attached hydrogen (secondary N) is 1. The van der Waals surface area contributed by atoms with E-state index in [4.69, 9.17) is 10.5 Å². The Labute approximate surface area is 113 Å². The van der Waals surface area contributed by atoms with Gasteiger partial charge in [-0.3, -0.25) is 0 Å². The van der Waals surface area contributed by atoms with Crippen LogP contribution < -0.4 is 10.6 Å². The molecule has 0 aliphatic carbocycles. The second-order valence-electron chi connectivity index (χ2n) is 4.38. The molecular formula is C12H19N3O3S. The number of rotatable bonds is 5. The first-order chi connectivity index (χ1) is 9.12. The first-order valence-electron chi connectivity index (χ1n) is 6.26. The van der Waals surface area contributed by atoms with E-state index < -0.39 is 10.0 Å². The van der Waals surface area contributed by atoms with Crippen LogP contribution in [0.2, 0.25) is 0 Å². The number of morpholine rings is 1. The molecule has 0 spiro atoms. The van der Waals surface area contributed by atoms with E-state index in [2.05, 4.69) is 4.83 Å². The highest BCUT2D eigenvalue weighted by Gasteiger charge is 2.19. The van der Waals surface area contributed by atoms with Crippen molar-refractivity contribution >= 4 is 10.0 Å². The minimum Gasteiger partial charge on any atom is -0.379 e. The molecule has 7 heteroatoms. The third-order valence-electron chi connectivity index (χ3n) is 2.93. The highest BCUT2D eigenvalue weighted by atomic mass is 32.2. The van der Waals surface area contributed by atoms with Crippen LogP contribution in [-0.2, 0) is 21.2 Å². The molecule has 0 unspecified atom stereocenters. The SMILES string of the molecule is NCCc1ccc(S(=O)(=O)NN2CCOCC2)cc1. The summed E-state index contributed by atoms with van der Waals surface area (Å²) in [5, 5.41) is 1.66. The minimum atomic E-state index is -3.50. The van der Waals surface area contributed by atoms with Gasteiger partial charge in [-0.1, -0.05) is 12.1 Å². The quantitative estimate of drug-likeness (QED) is 0.777. The van der Waals surface area contributed by atoms with Crippen molar-refractivity contribution in [2.24, 2.45) is 5.73 Å². The molecule has 1 aromatic carbocycles. The van der Waals surface area contributed by atoms with Crippen molar-refractivity contribution in [2.75, 3.05) is 32.8 Å². The maximum Gasteiger partial charge on any atom is 0.253 e. The maximum absolute atomic E-state index is 12.2. The van der Waals surface area contributed by atoms with E-state index in [1.807, 2.05) is 0 Å². The molecule has 1 heterocycles. The molecule has 0 atom stereocenters. The molecule has 1 fully saturated rings. The van der Waals surface area contributed by atoms with Crippen LogP contribution in [0.3, 0.4) is 0 Å². The Morgan fingerprint density at radius 3 is 2.42 bits per heavy atom. The van der Waals surface area contributed by atoms with Gasteiger partial charge in [-0.05, 0) is 30.7 Å². The molecule has 106 valence electrons. The second kappa shape index (κ2) is 6.44. The average molecular weight is 285 g/mol. The number of hydrogen-bond donors (Lipinski definition) is 2. The molecule has 1 aliphatic rings. The molecule has 0 bridgehead atoms. The lowest BCUT2D eigenvalue weighted by Crippen LogP contribution is -2.48. The molecule has 0 amide bonds. The lowest BCUT2D eigenvalue weighted by Gasteiger charge is -2.26. The summed E-state index contributed by atoms with van der Waals surface area (Å²) < 4.78 is 29.5. The van der Waals surface area contributed by atoms with Crippen LogP contribution in [0.5, 0.6) is 0 Å². The highest BCUT2D eigenvalue weighted by molar-refractivity contribution is 7.89. The van der Waals surface area contributed by atoms with Crippen LogP contribution in [0.1, 0.15) is 5.56 Å². The molecule has 19 heavy (non-hydrogen) atoms. The van der Waals surface area contributed by atoms with Gasteiger partial charge in [0.2, 0.25) is 0 Å². The number of sulfonamides is 1. The van der Waals surface area contributed by atoms with E-state index >= 15 is 0 Å². The number of hydrazine groups is 1. The Hall–Kier alpha value is -0.990. The summed E-state index contributed by atoms with van der Waals surface area (Å²) in [5.74, 6) is 0. The summed E-state index contributed by atoms with van der Waals surface area (Å²) in [6.07, 6.45) is 0.747. The number of ether oxygens (including phenoxy) is 1. The van der Waals surface area contributed by atoms with Gasteiger partial charge in [-0.2, -0.15) is 0 Å². The molecule has 0 saturated carbocycles. The standard InChI is InChI=1S/C12H19N3O3S/c13-6-5-11-1-3-12(4-2-11)19(16,17)14-15-7-9-18-10-8-15/h1-4,14H,5-10,13H2. The lowest BCUT2D eigenvalue weighted by atomic mass is 10.2. The van der Waals surface area contributed by atoms with Crippen LogP contribution in [0.4, 0.5) is 0 Å². The van der Waals surface area contributed by atoms with E-state index in [-0.39, 0.29) is 4.90 Å². The van der Waals surface area contributed by atoms with Crippen LogP contribution in [0, 0.1) is 0 Å². The van der Waals surface area contributed by atoms with Gasteiger partial charge in [-0.25, -0.2) is 13.4 Å². The van der Waals surface area contributed by atoms with Crippen LogP contribution in [0.25, 0.3) is 0 Å². The van der Waals surface area contributed by atoms with E-state index in [9.17, 15) is 8.42 Å². The molecule has 0 radical (unpaired) electrons. The smallest absolute Gasteiger partial charge is 0.253 e. The minimum absolute atomic E-state index is 0.264. The number of benzene rings is 1. The average Bonchev–Trinajstić information content (AvgIpc) is 2.40. The molecule has 6 nitrogen and oxygen atoms in total. The third kappa shape index (κ3) is 3.99. The number of nitrogens with zero attached hydrogens (tertiary/aromatic N) is 1. The predicted octanol–water partition coefficient (Wildman–Crippen LogP) is -0.287. The maximum atomic E-state index is 12.2. The summed E-state index contributed by atoms with van der Waals surface area (Å²) in [6.45, 7) is 2.75. The molecule has 1 aliphatic heterocycles. The Morgan fingerprint density at radius 1 is 1.21 bits per heavy atom. The monoisotopic (exact) mass is 285 g/mol. The Balaban J connectivity index is 2.05. The third-order valence-corrected chi connectivity index (χ3v) is 4.32. The zero-order valence-electron chi connectivity index (χ0n) is 10.7. The van der Waals surface area contributed by atoms with E-state index in [1.54, 1.807) is 29.3 Å². The molecule has 1 saturated heterocycles. The van der Waals surface area contributed by atoms with Crippen LogP contribution in [-0.4, -0.2) is 46.3 Å². The fraction of sp³-hybridized carbons (Fsp3) is 0.500. The molecule has 0 aromatic heterocycles. The molecular weight excluding hydrogens is 266 g/mol. The second-order valence-corrected chi connectivity index (χ2v) is 6.04. The topological polar surface area (TPSA) is 84.7 Å². The summed E-state index contributed by atoms with van der Waals surface area (Å²) >= 11 is 0. The van der Waals surface area contributed by atoms with Gasteiger partial charge in [-0.15, -0.1) is 4.83 Å². The zero-order chi connectivity index (χ0) is 13.7. The Morgan fingerprint density at radius 2 is 1.84 bits per heavy atom. The van der Waals surface area contributed by atoms with Gasteiger partial charge in [0.15, 0.2) is 0 Å². The summed E-state index contributed by atoms with van der Waals surface area (Å²) in [4.78, 5) is 2.83. The van der Waals surface area contributed by atoms with Crippen molar-refractivity contribution in [2.45, 2.75) is 11.3 Å². The van der Waals surface area contributed by atoms with Gasteiger partial charge >= 0.3 is 0 Å². The van der Waals surface area contributed by atoms with Crippen molar-refractivity contribution in [3.05, 3.63) is 29.8 Å². The molecule has 3 N–H and O–H groups in total. The van der Waals surface area contributed by atoms with Crippen molar-refractivity contribution in [3.8, 4) is 0 Å². The zero-order valence-corrected chi connectivity index (χ0v) is 11.5. The number of hydrogen-bond acceptors (Lipinski definition) is 5. The van der Waals surface area contributed by atoms with Crippen molar-refractivity contribution in [3.63, 3.8) is 0 Å². The van der Waals surface area contributed by atoms with E-state index in [0.717, 1.165) is 12.0 Å². The fourth-order valence-corrected chi connectivity index (χ4v) is 3.00. The normalized spacial score (nSPS) is 17.5. The van der Waals surface area contributed by atoms with E-state index in [1.165, 1.54) is 0 Å². The van der Waals surface area contributed by atoms with Crippen LogP contribution >= 0.6 is 0 Å². The molecule has 2 rings (SSSR count). The first kappa shape index (κ1) is 14.4. The van der Waals surface area contributed by atoms with E-state index in [0.29, 0.717) is 32.8 Å².